The Morgan fingerprint density at radius 3 is 2.47 bits per heavy atom. The van der Waals surface area contributed by atoms with Crippen molar-refractivity contribution in [2.24, 2.45) is 0 Å². The molecule has 0 radical (unpaired) electrons. The normalized spacial score (nSPS) is 10.8. The van der Waals surface area contributed by atoms with Gasteiger partial charge in [0.2, 0.25) is 0 Å². The molecule has 0 saturated carbocycles. The van der Waals surface area contributed by atoms with Gasteiger partial charge in [-0.25, -0.2) is 0 Å². The Hall–Kier alpha value is -1.79. The summed E-state index contributed by atoms with van der Waals surface area (Å²) in [5.74, 6) is 0. The Labute approximate surface area is 118 Å². The van der Waals surface area contributed by atoms with E-state index in [1.807, 2.05) is 12.1 Å². The van der Waals surface area contributed by atoms with Gasteiger partial charge in [-0.3, -0.25) is 0 Å². The van der Waals surface area contributed by atoms with Gasteiger partial charge < -0.3 is 0 Å². The topological polar surface area (TPSA) is 0 Å². The summed E-state index contributed by atoms with van der Waals surface area (Å²) in [7, 11) is 0. The molecule has 0 aliphatic carbocycles. The van der Waals surface area contributed by atoms with Crippen molar-refractivity contribution in [3.8, 4) is 0 Å². The van der Waals surface area contributed by atoms with Crippen LogP contribution in [0, 0.1) is 6.92 Å². The maximum Gasteiger partial charge on any atom is 0.0406 e. The van der Waals surface area contributed by atoms with E-state index in [2.05, 4.69) is 55.5 Å². The summed E-state index contributed by atoms with van der Waals surface area (Å²) in [6.07, 6.45) is 0.942. The van der Waals surface area contributed by atoms with Crippen molar-refractivity contribution >= 4 is 22.4 Å². The van der Waals surface area contributed by atoms with Crippen LogP contribution in [0.5, 0.6) is 0 Å². The zero-order valence-electron chi connectivity index (χ0n) is 10.9. The molecular weight excluding hydrogens is 252 g/mol. The monoisotopic (exact) mass is 266 g/mol. The molecule has 3 rings (SSSR count). The Bertz CT molecular complexity index is 711. The van der Waals surface area contributed by atoms with Gasteiger partial charge >= 0.3 is 0 Å². The lowest BCUT2D eigenvalue weighted by Crippen LogP contribution is -1.90. The minimum absolute atomic E-state index is 0.789. The third kappa shape index (κ3) is 2.64. The predicted octanol–water partition coefficient (Wildman–Crippen LogP) is 5.39. The minimum atomic E-state index is 0.789. The first kappa shape index (κ1) is 12.3. The van der Waals surface area contributed by atoms with Crippen LogP contribution in [0.15, 0.2) is 60.7 Å². The van der Waals surface area contributed by atoms with Crippen LogP contribution in [0.4, 0.5) is 0 Å². The second-order valence-corrected chi connectivity index (χ2v) is 5.38. The molecule has 1 heteroatoms. The van der Waals surface area contributed by atoms with Gasteiger partial charge in [-0.05, 0) is 47.4 Å². The van der Waals surface area contributed by atoms with Crippen LogP contribution < -0.4 is 0 Å². The molecule has 0 amide bonds. The molecule has 0 spiro atoms. The molecule has 3 aromatic carbocycles. The molecule has 0 bridgehead atoms. The Morgan fingerprint density at radius 2 is 1.68 bits per heavy atom. The van der Waals surface area contributed by atoms with E-state index in [9.17, 15) is 0 Å². The predicted molar refractivity (Wildman–Crippen MR) is 82.9 cm³/mol. The molecule has 0 N–H and O–H groups in total. The van der Waals surface area contributed by atoms with Crippen LogP contribution in [0.25, 0.3) is 10.8 Å². The highest BCUT2D eigenvalue weighted by Gasteiger charge is 2.02. The van der Waals surface area contributed by atoms with Crippen molar-refractivity contribution in [3.05, 3.63) is 82.4 Å². The van der Waals surface area contributed by atoms with Gasteiger partial charge in [0.15, 0.2) is 0 Å². The molecule has 0 aliphatic rings. The number of rotatable bonds is 2. The molecule has 3 aromatic rings. The number of fused-ring (bicyclic) bond motifs is 1. The van der Waals surface area contributed by atoms with E-state index in [0.29, 0.717) is 0 Å². The maximum atomic E-state index is 5.93. The molecule has 0 aromatic heterocycles. The highest BCUT2D eigenvalue weighted by molar-refractivity contribution is 6.30. The average molecular weight is 267 g/mol. The Kier molecular flexibility index (Phi) is 3.27. The first-order valence-corrected chi connectivity index (χ1v) is 6.83. The molecule has 0 saturated heterocycles. The first-order valence-electron chi connectivity index (χ1n) is 6.45. The van der Waals surface area contributed by atoms with Gasteiger partial charge in [-0.15, -0.1) is 0 Å². The number of halogens is 1. The summed E-state index contributed by atoms with van der Waals surface area (Å²) in [5, 5.41) is 3.44. The lowest BCUT2D eigenvalue weighted by molar-refractivity contribution is 1.21. The fraction of sp³-hybridized carbons (Fsp3) is 0.111. The van der Waals surface area contributed by atoms with Crippen molar-refractivity contribution in [1.82, 2.24) is 0 Å². The van der Waals surface area contributed by atoms with Crippen molar-refractivity contribution in [2.45, 2.75) is 13.3 Å². The smallest absolute Gasteiger partial charge is 0.0406 e. The molecule has 94 valence electrons. The highest BCUT2D eigenvalue weighted by atomic mass is 35.5. The van der Waals surface area contributed by atoms with Gasteiger partial charge in [0.1, 0.15) is 0 Å². The fourth-order valence-corrected chi connectivity index (χ4v) is 2.57. The van der Waals surface area contributed by atoms with E-state index < -0.39 is 0 Å². The van der Waals surface area contributed by atoms with E-state index in [-0.39, 0.29) is 0 Å². The molecule has 0 unspecified atom stereocenters. The number of aryl methyl sites for hydroxylation is 1. The third-order valence-electron chi connectivity index (χ3n) is 3.43. The van der Waals surface area contributed by atoms with Crippen LogP contribution in [-0.4, -0.2) is 0 Å². The van der Waals surface area contributed by atoms with Crippen LogP contribution in [0.3, 0.4) is 0 Å². The van der Waals surface area contributed by atoms with Crippen LogP contribution in [0.2, 0.25) is 5.02 Å². The summed E-state index contributed by atoms with van der Waals surface area (Å²) in [5.41, 5.74) is 3.95. The number of hydrogen-bond acceptors (Lipinski definition) is 0. The Morgan fingerprint density at radius 1 is 0.895 bits per heavy atom. The number of benzene rings is 3. The summed E-state index contributed by atoms with van der Waals surface area (Å²) in [6, 6.07) is 21.2. The summed E-state index contributed by atoms with van der Waals surface area (Å²) in [6.45, 7) is 2.13. The zero-order chi connectivity index (χ0) is 13.2. The quantitative estimate of drug-likeness (QED) is 0.583. The Balaban J connectivity index is 2.03. The van der Waals surface area contributed by atoms with E-state index in [1.54, 1.807) is 0 Å². The second-order valence-electron chi connectivity index (χ2n) is 4.94. The lowest BCUT2D eigenvalue weighted by atomic mass is 9.97. The molecule has 0 aliphatic heterocycles. The number of hydrogen-bond donors (Lipinski definition) is 0. The zero-order valence-corrected chi connectivity index (χ0v) is 11.6. The van der Waals surface area contributed by atoms with Gasteiger partial charge in [0.25, 0.3) is 0 Å². The molecule has 19 heavy (non-hydrogen) atoms. The van der Waals surface area contributed by atoms with Crippen LogP contribution >= 0.6 is 11.6 Å². The van der Waals surface area contributed by atoms with Crippen molar-refractivity contribution in [3.63, 3.8) is 0 Å². The van der Waals surface area contributed by atoms with E-state index in [1.165, 1.54) is 27.5 Å². The second kappa shape index (κ2) is 5.07. The summed E-state index contributed by atoms with van der Waals surface area (Å²) in [4.78, 5) is 0. The molecule has 0 nitrogen and oxygen atoms in total. The summed E-state index contributed by atoms with van der Waals surface area (Å²) < 4.78 is 0. The van der Waals surface area contributed by atoms with E-state index >= 15 is 0 Å². The average Bonchev–Trinajstić information content (AvgIpc) is 2.41. The standard InChI is InChI=1S/C18H15Cl/c1-13-5-10-18-15(11-13)3-2-4-16(18)12-14-6-8-17(19)9-7-14/h2-11H,12H2,1H3. The van der Waals surface area contributed by atoms with Crippen molar-refractivity contribution < 1.29 is 0 Å². The van der Waals surface area contributed by atoms with Gasteiger partial charge in [-0.1, -0.05) is 65.7 Å². The van der Waals surface area contributed by atoms with Gasteiger partial charge in [-0.2, -0.15) is 0 Å². The van der Waals surface area contributed by atoms with Crippen LogP contribution in [-0.2, 0) is 6.42 Å². The third-order valence-corrected chi connectivity index (χ3v) is 3.69. The van der Waals surface area contributed by atoms with E-state index in [4.69, 9.17) is 11.6 Å². The largest absolute Gasteiger partial charge is 0.0843 e. The minimum Gasteiger partial charge on any atom is -0.0843 e. The first-order chi connectivity index (χ1) is 9.22. The molecule has 0 heterocycles. The summed E-state index contributed by atoms with van der Waals surface area (Å²) >= 11 is 5.93. The van der Waals surface area contributed by atoms with Gasteiger partial charge in [0, 0.05) is 5.02 Å². The highest BCUT2D eigenvalue weighted by Crippen LogP contribution is 2.23. The van der Waals surface area contributed by atoms with E-state index in [0.717, 1.165) is 11.4 Å². The van der Waals surface area contributed by atoms with Crippen molar-refractivity contribution in [1.29, 1.82) is 0 Å². The fourth-order valence-electron chi connectivity index (χ4n) is 2.45. The molecule has 0 atom stereocenters. The lowest BCUT2D eigenvalue weighted by Gasteiger charge is -2.08. The molecular formula is C18H15Cl. The SMILES string of the molecule is Cc1ccc2c(Cc3ccc(Cl)cc3)cccc2c1. The van der Waals surface area contributed by atoms with Gasteiger partial charge in [0.05, 0.1) is 0 Å². The molecule has 0 fully saturated rings. The maximum absolute atomic E-state index is 5.93. The van der Waals surface area contributed by atoms with Crippen LogP contribution in [0.1, 0.15) is 16.7 Å². The van der Waals surface area contributed by atoms with Crippen molar-refractivity contribution in [2.75, 3.05) is 0 Å².